The Balaban J connectivity index is 1.45. The number of hydrogen-bond donors (Lipinski definition) is 0. The van der Waals surface area contributed by atoms with Gasteiger partial charge >= 0.3 is 0 Å². The highest BCUT2D eigenvalue weighted by Crippen LogP contribution is 2.40. The van der Waals surface area contributed by atoms with Gasteiger partial charge in [-0.1, -0.05) is 51.9 Å². The molecule has 3 heteroatoms. The molecule has 0 amide bonds. The van der Waals surface area contributed by atoms with Gasteiger partial charge in [0.15, 0.2) is 0 Å². The molecule has 0 bridgehead atoms. The van der Waals surface area contributed by atoms with Crippen LogP contribution in [-0.4, -0.2) is 0 Å². The maximum absolute atomic E-state index is 13.9. The van der Waals surface area contributed by atoms with Crippen LogP contribution in [0.25, 0.3) is 0 Å². The Kier molecular flexibility index (Phi) is 6.68. The van der Waals surface area contributed by atoms with Crippen LogP contribution in [0, 0.1) is 40.7 Å². The normalized spacial score (nSPS) is 29.3. The van der Waals surface area contributed by atoms with Crippen LogP contribution in [0.1, 0.15) is 94.6 Å². The molecule has 0 radical (unpaired) electrons. The van der Waals surface area contributed by atoms with E-state index in [-0.39, 0.29) is 5.92 Å². The summed E-state index contributed by atoms with van der Waals surface area (Å²) < 4.78 is 27.7. The largest absolute Gasteiger partial charge is 0.205 e. The third kappa shape index (κ3) is 4.64. The van der Waals surface area contributed by atoms with Gasteiger partial charge in [0, 0.05) is 0 Å². The maximum atomic E-state index is 13.9. The van der Waals surface area contributed by atoms with Crippen LogP contribution in [0.2, 0.25) is 0 Å². The fraction of sp³-hybridized carbons (Fsp3) is 0.696. The first-order valence-electron chi connectivity index (χ1n) is 10.5. The van der Waals surface area contributed by atoms with Crippen LogP contribution < -0.4 is 0 Å². The third-order valence-corrected chi connectivity index (χ3v) is 7.02. The first-order chi connectivity index (χ1) is 12.6. The molecule has 0 spiro atoms. The van der Waals surface area contributed by atoms with Gasteiger partial charge in [-0.05, 0) is 67.1 Å². The molecule has 2 fully saturated rings. The van der Waals surface area contributed by atoms with Crippen molar-refractivity contribution in [2.24, 2.45) is 17.8 Å². The number of nitriles is 1. The number of hydrogen-bond acceptors (Lipinski definition) is 1. The number of benzene rings is 1. The number of halogens is 2. The molecule has 1 aromatic rings. The first kappa shape index (κ1) is 19.3. The molecule has 2 saturated carbocycles. The predicted octanol–water partition coefficient (Wildman–Crippen LogP) is 7.11. The molecule has 3 rings (SSSR count). The first-order valence-corrected chi connectivity index (χ1v) is 10.5. The summed E-state index contributed by atoms with van der Waals surface area (Å²) in [5.41, 5.74) is 0.274. The van der Waals surface area contributed by atoms with Crippen molar-refractivity contribution in [3.05, 3.63) is 34.9 Å². The fourth-order valence-electron chi connectivity index (χ4n) is 5.12. The molecular formula is C23H31F2N. The highest BCUT2D eigenvalue weighted by Gasteiger charge is 2.26. The minimum atomic E-state index is -0.715. The predicted molar refractivity (Wildman–Crippen MR) is 101 cm³/mol. The molecule has 1 aromatic carbocycles. The monoisotopic (exact) mass is 359 g/mol. The van der Waals surface area contributed by atoms with Crippen molar-refractivity contribution >= 4 is 0 Å². The zero-order chi connectivity index (χ0) is 18.5. The van der Waals surface area contributed by atoms with E-state index < -0.39 is 17.2 Å². The summed E-state index contributed by atoms with van der Waals surface area (Å²) >= 11 is 0. The third-order valence-electron chi connectivity index (χ3n) is 7.02. The standard InChI is InChI=1S/C23H31F2N/c1-2-16-3-5-17(6-4-16)7-8-18-9-11-19(12-10-18)20-13-22(24)21(15-26)23(25)14-20/h13-14,16-19H,2-12H2,1H3/t16-,17-,18?,19?. The lowest BCUT2D eigenvalue weighted by molar-refractivity contribution is 0.227. The van der Waals surface area contributed by atoms with Crippen LogP contribution in [0.3, 0.4) is 0 Å². The van der Waals surface area contributed by atoms with Crippen LogP contribution in [0.5, 0.6) is 0 Å². The van der Waals surface area contributed by atoms with Crippen LogP contribution in [0.15, 0.2) is 12.1 Å². The Morgan fingerprint density at radius 1 is 0.846 bits per heavy atom. The average molecular weight is 360 g/mol. The van der Waals surface area contributed by atoms with E-state index in [4.69, 9.17) is 5.26 Å². The molecule has 142 valence electrons. The summed E-state index contributed by atoms with van der Waals surface area (Å²) in [4.78, 5) is 0. The van der Waals surface area contributed by atoms with Gasteiger partial charge < -0.3 is 0 Å². The number of nitrogens with zero attached hydrogens (tertiary/aromatic N) is 1. The van der Waals surface area contributed by atoms with Crippen molar-refractivity contribution in [3.63, 3.8) is 0 Å². The minimum Gasteiger partial charge on any atom is -0.205 e. The maximum Gasteiger partial charge on any atom is 0.144 e. The Hall–Kier alpha value is -1.43. The second kappa shape index (κ2) is 8.98. The zero-order valence-corrected chi connectivity index (χ0v) is 15.9. The molecule has 0 N–H and O–H groups in total. The van der Waals surface area contributed by atoms with Crippen LogP contribution in [0.4, 0.5) is 8.78 Å². The van der Waals surface area contributed by atoms with Crippen molar-refractivity contribution in [1.29, 1.82) is 5.26 Å². The van der Waals surface area contributed by atoms with Gasteiger partial charge in [-0.2, -0.15) is 5.26 Å². The summed E-state index contributed by atoms with van der Waals surface area (Å²) in [7, 11) is 0. The van der Waals surface area contributed by atoms with Gasteiger partial charge in [-0.15, -0.1) is 0 Å². The smallest absolute Gasteiger partial charge is 0.144 e. The van der Waals surface area contributed by atoms with E-state index in [1.54, 1.807) is 6.07 Å². The van der Waals surface area contributed by atoms with E-state index >= 15 is 0 Å². The minimum absolute atomic E-state index is 0.239. The Morgan fingerprint density at radius 2 is 1.31 bits per heavy atom. The van der Waals surface area contributed by atoms with Gasteiger partial charge in [0.05, 0.1) is 0 Å². The van der Waals surface area contributed by atoms with E-state index in [0.29, 0.717) is 0 Å². The molecule has 2 aliphatic rings. The van der Waals surface area contributed by atoms with E-state index in [1.807, 2.05) is 0 Å². The van der Waals surface area contributed by atoms with Gasteiger partial charge in [0.25, 0.3) is 0 Å². The SMILES string of the molecule is CC[C@H]1CC[C@H](CCC2CCC(c3cc(F)c(C#N)c(F)c3)CC2)CC1. The molecule has 0 saturated heterocycles. The van der Waals surface area contributed by atoms with Gasteiger partial charge in [-0.3, -0.25) is 0 Å². The molecule has 26 heavy (non-hydrogen) atoms. The quantitative estimate of drug-likeness (QED) is 0.549. The molecule has 0 aromatic heterocycles. The molecule has 1 nitrogen and oxygen atoms in total. The van der Waals surface area contributed by atoms with Crippen LogP contribution in [-0.2, 0) is 0 Å². The van der Waals surface area contributed by atoms with Crippen molar-refractivity contribution < 1.29 is 8.78 Å². The Bertz CT molecular complexity index is 609. The topological polar surface area (TPSA) is 23.8 Å². The average Bonchev–Trinajstić information content (AvgIpc) is 2.67. The summed E-state index contributed by atoms with van der Waals surface area (Å²) in [6.45, 7) is 2.31. The second-order valence-electron chi connectivity index (χ2n) is 8.56. The lowest BCUT2D eigenvalue weighted by Crippen LogP contribution is -2.17. The Morgan fingerprint density at radius 3 is 1.77 bits per heavy atom. The van der Waals surface area contributed by atoms with E-state index in [2.05, 4.69) is 6.92 Å². The highest BCUT2D eigenvalue weighted by molar-refractivity contribution is 5.36. The molecule has 0 unspecified atom stereocenters. The van der Waals surface area contributed by atoms with Crippen molar-refractivity contribution in [1.82, 2.24) is 0 Å². The van der Waals surface area contributed by atoms with Gasteiger partial charge in [0.2, 0.25) is 0 Å². The van der Waals surface area contributed by atoms with E-state index in [1.165, 1.54) is 57.1 Å². The lowest BCUT2D eigenvalue weighted by atomic mass is 9.74. The zero-order valence-electron chi connectivity index (χ0n) is 15.9. The summed E-state index contributed by atoms with van der Waals surface area (Å²) in [6, 6.07) is 4.35. The second-order valence-corrected chi connectivity index (χ2v) is 8.56. The van der Waals surface area contributed by atoms with E-state index in [0.717, 1.165) is 49.0 Å². The number of rotatable bonds is 5. The van der Waals surface area contributed by atoms with Crippen molar-refractivity contribution in [3.8, 4) is 6.07 Å². The van der Waals surface area contributed by atoms with Gasteiger partial charge in [-0.25, -0.2) is 8.78 Å². The lowest BCUT2D eigenvalue weighted by Gasteiger charge is -2.32. The summed E-state index contributed by atoms with van der Waals surface area (Å²) in [6.07, 6.45) is 14.1. The molecule has 2 aliphatic carbocycles. The van der Waals surface area contributed by atoms with E-state index in [9.17, 15) is 8.78 Å². The van der Waals surface area contributed by atoms with Gasteiger partial charge in [0.1, 0.15) is 23.3 Å². The molecule has 0 heterocycles. The summed E-state index contributed by atoms with van der Waals surface area (Å²) in [5, 5.41) is 8.80. The van der Waals surface area contributed by atoms with Crippen molar-refractivity contribution in [2.75, 3.05) is 0 Å². The molecular weight excluding hydrogens is 328 g/mol. The van der Waals surface area contributed by atoms with Crippen molar-refractivity contribution in [2.45, 2.75) is 83.5 Å². The fourth-order valence-corrected chi connectivity index (χ4v) is 5.12. The molecule has 0 atom stereocenters. The highest BCUT2D eigenvalue weighted by atomic mass is 19.1. The molecule has 0 aliphatic heterocycles. The summed E-state index contributed by atoms with van der Waals surface area (Å²) in [5.74, 6) is 1.48. The Labute approximate surface area is 156 Å². The van der Waals surface area contributed by atoms with Crippen LogP contribution >= 0.6 is 0 Å².